The Morgan fingerprint density at radius 2 is 1.32 bits per heavy atom. The van der Waals surface area contributed by atoms with Gasteiger partial charge in [-0.15, -0.1) is 0 Å². The molecule has 0 spiro atoms. The lowest BCUT2D eigenvalue weighted by Gasteiger charge is -2.13. The van der Waals surface area contributed by atoms with Crippen molar-refractivity contribution >= 4 is 11.6 Å². The third kappa shape index (κ3) is 5.54. The molecular weight excluding hydrogens is 452 g/mol. The Labute approximate surface area is 197 Å². The average molecular weight is 489 g/mol. The van der Waals surface area contributed by atoms with Gasteiger partial charge in [0.2, 0.25) is 23.0 Å². The van der Waals surface area contributed by atoms with E-state index in [2.05, 4.69) is 29.9 Å². The summed E-state index contributed by atoms with van der Waals surface area (Å²) in [6.07, 6.45) is 11.9. The third-order valence-corrected chi connectivity index (χ3v) is 6.36. The molecule has 0 aliphatic heterocycles. The first-order valence-electron chi connectivity index (χ1n) is 11.9. The van der Waals surface area contributed by atoms with Crippen LogP contribution in [-0.2, 0) is 13.1 Å². The molecule has 0 fully saturated rings. The summed E-state index contributed by atoms with van der Waals surface area (Å²) >= 11 is 0. The number of imidazole rings is 1. The quantitative estimate of drug-likeness (QED) is 0.290. The second kappa shape index (κ2) is 12.3. The van der Waals surface area contributed by atoms with Gasteiger partial charge in [0, 0.05) is 18.1 Å². The fourth-order valence-corrected chi connectivity index (χ4v) is 4.61. The van der Waals surface area contributed by atoms with E-state index in [4.69, 9.17) is 0 Å². The Kier molecular flexibility index (Phi) is 10.1. The van der Waals surface area contributed by atoms with E-state index in [0.29, 0.717) is 22.5 Å². The van der Waals surface area contributed by atoms with Crippen LogP contribution in [-0.4, -0.2) is 16.1 Å². The summed E-state index contributed by atoms with van der Waals surface area (Å²) in [7, 11) is 0. The van der Waals surface area contributed by atoms with Crippen molar-refractivity contribution in [3.8, 4) is 0 Å². The summed E-state index contributed by atoms with van der Waals surface area (Å²) < 4.78 is 4.25. The van der Waals surface area contributed by atoms with Gasteiger partial charge < -0.3 is 17.0 Å². The molecule has 1 heterocycles. The molecule has 3 rings (SSSR count). The highest BCUT2D eigenvalue weighted by Crippen LogP contribution is 2.27. The maximum Gasteiger partial charge on any atom is 0.254 e. The maximum absolute atomic E-state index is 13.4. The van der Waals surface area contributed by atoms with Gasteiger partial charge in [0.25, 0.3) is 5.82 Å². The molecule has 0 unspecified atom stereocenters. The largest absolute Gasteiger partial charge is 1.00 e. The highest BCUT2D eigenvalue weighted by molar-refractivity contribution is 6.26. The molecule has 1 aromatic heterocycles. The first kappa shape index (κ1) is 25.5. The van der Waals surface area contributed by atoms with Crippen molar-refractivity contribution in [2.24, 2.45) is 0 Å². The lowest BCUT2D eigenvalue weighted by Crippen LogP contribution is -3.00. The van der Waals surface area contributed by atoms with Crippen LogP contribution in [0.4, 0.5) is 0 Å². The average Bonchev–Trinajstić information content (AvgIpc) is 3.04. The van der Waals surface area contributed by atoms with Gasteiger partial charge in [0.1, 0.15) is 0 Å². The Hall–Kier alpha value is -1.75. The highest BCUT2D eigenvalue weighted by Gasteiger charge is 2.42. The molecule has 4 nitrogen and oxygen atoms in total. The van der Waals surface area contributed by atoms with Gasteiger partial charge in [-0.2, -0.15) is 0 Å². The number of nitrogens with zero attached hydrogens (tertiary/aromatic N) is 2. The van der Waals surface area contributed by atoms with Gasteiger partial charge >= 0.3 is 0 Å². The first-order valence-corrected chi connectivity index (χ1v) is 11.9. The van der Waals surface area contributed by atoms with Crippen molar-refractivity contribution in [2.75, 3.05) is 0 Å². The number of fused-ring (bicyclic) bond motifs is 2. The van der Waals surface area contributed by atoms with Gasteiger partial charge in [-0.05, 0) is 25.7 Å². The smallest absolute Gasteiger partial charge is 0.254 e. The summed E-state index contributed by atoms with van der Waals surface area (Å²) in [5.41, 5.74) is 2.32. The predicted octanol–water partition coefficient (Wildman–Crippen LogP) is 2.80. The summed E-state index contributed by atoms with van der Waals surface area (Å²) in [4.78, 5) is 26.8. The summed E-state index contributed by atoms with van der Waals surface area (Å²) in [5.74, 6) is 1.04. The number of benzene rings is 1. The van der Waals surface area contributed by atoms with Gasteiger partial charge in [0.05, 0.1) is 13.1 Å². The zero-order valence-corrected chi connectivity index (χ0v) is 21.0. The molecule has 5 heteroatoms. The highest BCUT2D eigenvalue weighted by atomic mass is 79.9. The van der Waals surface area contributed by atoms with E-state index in [1.165, 1.54) is 44.9 Å². The number of unbranched alkanes of at least 4 members (excludes halogenated alkanes) is 8. The Balaban J connectivity index is 0.00000341. The van der Waals surface area contributed by atoms with E-state index in [-0.39, 0.29) is 28.5 Å². The Morgan fingerprint density at radius 1 is 0.774 bits per heavy atom. The SMILES string of the molecule is CCCCCCCC[n+]1c2c(n(CCCCCC)c1C)C(=O)c1ccccc1C2=O.[Br-]. The Morgan fingerprint density at radius 3 is 1.97 bits per heavy atom. The van der Waals surface area contributed by atoms with E-state index in [0.717, 1.165) is 38.2 Å². The van der Waals surface area contributed by atoms with Crippen LogP contribution < -0.4 is 21.5 Å². The van der Waals surface area contributed by atoms with Crippen molar-refractivity contribution in [1.82, 2.24) is 4.57 Å². The maximum atomic E-state index is 13.4. The van der Waals surface area contributed by atoms with Crippen molar-refractivity contribution in [2.45, 2.75) is 98.1 Å². The molecule has 1 aliphatic rings. The van der Waals surface area contributed by atoms with Crippen LogP contribution in [0.1, 0.15) is 116 Å². The van der Waals surface area contributed by atoms with Crippen LogP contribution in [0.5, 0.6) is 0 Å². The molecule has 0 saturated heterocycles. The number of carbonyl (C=O) groups is 2. The van der Waals surface area contributed by atoms with Crippen LogP contribution in [0.25, 0.3) is 0 Å². The van der Waals surface area contributed by atoms with Crippen molar-refractivity contribution in [3.05, 3.63) is 52.6 Å². The number of rotatable bonds is 12. The third-order valence-electron chi connectivity index (χ3n) is 6.36. The van der Waals surface area contributed by atoms with Crippen LogP contribution in [0.2, 0.25) is 0 Å². The topological polar surface area (TPSA) is 43.0 Å². The number of ketones is 2. The van der Waals surface area contributed by atoms with Crippen molar-refractivity contribution < 1.29 is 31.1 Å². The molecule has 0 bridgehead atoms. The lowest BCUT2D eigenvalue weighted by molar-refractivity contribution is -0.704. The van der Waals surface area contributed by atoms with Crippen molar-refractivity contribution in [3.63, 3.8) is 0 Å². The van der Waals surface area contributed by atoms with E-state index < -0.39 is 0 Å². The second-order valence-electron chi connectivity index (χ2n) is 8.58. The van der Waals surface area contributed by atoms with Gasteiger partial charge in [0.15, 0.2) is 0 Å². The van der Waals surface area contributed by atoms with E-state index in [1.807, 2.05) is 12.1 Å². The lowest BCUT2D eigenvalue weighted by atomic mass is 9.90. The molecule has 1 aliphatic carbocycles. The number of hydrogen-bond acceptors (Lipinski definition) is 2. The van der Waals surface area contributed by atoms with E-state index >= 15 is 0 Å². The van der Waals surface area contributed by atoms with E-state index in [9.17, 15) is 9.59 Å². The predicted molar refractivity (Wildman–Crippen MR) is 120 cm³/mol. The number of carbonyl (C=O) groups excluding carboxylic acids is 2. The van der Waals surface area contributed by atoms with Crippen LogP contribution >= 0.6 is 0 Å². The summed E-state index contributed by atoms with van der Waals surface area (Å²) in [6, 6.07) is 7.28. The molecule has 0 atom stereocenters. The number of aromatic nitrogens is 2. The monoisotopic (exact) mass is 488 g/mol. The fourth-order valence-electron chi connectivity index (χ4n) is 4.61. The molecule has 1 aromatic carbocycles. The van der Waals surface area contributed by atoms with Crippen LogP contribution in [0, 0.1) is 6.92 Å². The number of halogens is 1. The minimum absolute atomic E-state index is 0. The molecular formula is C26H37BrN2O2. The summed E-state index contributed by atoms with van der Waals surface area (Å²) in [5, 5.41) is 0. The standard InChI is InChI=1S/C26H37N2O2.BrH/c1-4-6-8-10-11-15-19-28-20(3)27(18-14-9-7-5-2)23-24(28)26(30)22-17-13-12-16-21(22)25(23)29;/h12-13,16-17H,4-11,14-15,18-19H2,1-3H3;1H/q+1;/p-1. The van der Waals surface area contributed by atoms with Crippen molar-refractivity contribution in [1.29, 1.82) is 0 Å². The molecule has 0 radical (unpaired) electrons. The van der Waals surface area contributed by atoms with Gasteiger partial charge in [-0.1, -0.05) is 76.6 Å². The molecule has 31 heavy (non-hydrogen) atoms. The molecule has 170 valence electrons. The van der Waals surface area contributed by atoms with Crippen LogP contribution in [0.3, 0.4) is 0 Å². The molecule has 0 saturated carbocycles. The van der Waals surface area contributed by atoms with E-state index in [1.54, 1.807) is 12.1 Å². The minimum Gasteiger partial charge on any atom is -1.00 e. The van der Waals surface area contributed by atoms with Gasteiger partial charge in [-0.3, -0.25) is 9.59 Å². The minimum atomic E-state index is 0. The normalized spacial score (nSPS) is 12.5. The van der Waals surface area contributed by atoms with Gasteiger partial charge in [-0.25, -0.2) is 9.13 Å². The fraction of sp³-hybridized carbons (Fsp3) is 0.577. The first-order chi connectivity index (χ1) is 14.6. The zero-order valence-electron chi connectivity index (χ0n) is 19.4. The second-order valence-corrected chi connectivity index (χ2v) is 8.58. The number of hydrogen-bond donors (Lipinski definition) is 0. The Bertz CT molecular complexity index is 901. The van der Waals surface area contributed by atoms with Crippen LogP contribution in [0.15, 0.2) is 24.3 Å². The molecule has 2 aromatic rings. The zero-order chi connectivity index (χ0) is 21.5. The molecule has 0 N–H and O–H groups in total. The summed E-state index contributed by atoms with van der Waals surface area (Å²) in [6.45, 7) is 8.12. The molecule has 0 amide bonds.